The van der Waals surface area contributed by atoms with Crippen molar-refractivity contribution < 1.29 is 4.79 Å². The van der Waals surface area contributed by atoms with Gasteiger partial charge in [0.2, 0.25) is 5.78 Å². The zero-order valence-corrected chi connectivity index (χ0v) is 11.8. The molecule has 0 atom stereocenters. The summed E-state index contributed by atoms with van der Waals surface area (Å²) in [5.41, 5.74) is 1.31. The van der Waals surface area contributed by atoms with Crippen molar-refractivity contribution in [3.8, 4) is 0 Å². The van der Waals surface area contributed by atoms with Crippen LogP contribution in [0.25, 0.3) is 6.08 Å². The summed E-state index contributed by atoms with van der Waals surface area (Å²) in [7, 11) is 1.84. The molecule has 0 fully saturated rings. The van der Waals surface area contributed by atoms with Crippen LogP contribution >= 0.6 is 15.9 Å². The van der Waals surface area contributed by atoms with Crippen molar-refractivity contribution in [2.45, 2.75) is 13.5 Å². The Labute approximate surface area is 113 Å². The van der Waals surface area contributed by atoms with Gasteiger partial charge in [-0.1, -0.05) is 0 Å². The average molecular weight is 309 g/mol. The van der Waals surface area contributed by atoms with Gasteiger partial charge >= 0.3 is 0 Å². The predicted molar refractivity (Wildman–Crippen MR) is 72.2 cm³/mol. The minimum atomic E-state index is -0.0909. The topological polar surface area (TPSA) is 52.7 Å². The Morgan fingerprint density at radius 1 is 1.56 bits per heavy atom. The van der Waals surface area contributed by atoms with E-state index in [4.69, 9.17) is 0 Å². The highest BCUT2D eigenvalue weighted by molar-refractivity contribution is 9.10. The number of aromatic nitrogens is 4. The van der Waals surface area contributed by atoms with Gasteiger partial charge in [-0.15, -0.1) is 0 Å². The molecule has 18 heavy (non-hydrogen) atoms. The maximum atomic E-state index is 12.1. The fourth-order valence-corrected chi connectivity index (χ4v) is 2.10. The molecule has 6 heteroatoms. The van der Waals surface area contributed by atoms with Crippen LogP contribution in [0.4, 0.5) is 0 Å². The van der Waals surface area contributed by atoms with Crippen LogP contribution in [0.5, 0.6) is 0 Å². The van der Waals surface area contributed by atoms with Gasteiger partial charge in [0.15, 0.2) is 0 Å². The molecule has 0 saturated heterocycles. The molecule has 0 aliphatic rings. The van der Waals surface area contributed by atoms with Gasteiger partial charge in [-0.3, -0.25) is 14.2 Å². The lowest BCUT2D eigenvalue weighted by molar-refractivity contribution is 0.103. The normalized spacial score (nSPS) is 11.3. The van der Waals surface area contributed by atoms with Gasteiger partial charge in [0.25, 0.3) is 0 Å². The molecule has 0 spiro atoms. The zero-order valence-electron chi connectivity index (χ0n) is 10.2. The first-order chi connectivity index (χ1) is 8.61. The van der Waals surface area contributed by atoms with Crippen LogP contribution in [0.15, 0.2) is 29.0 Å². The molecule has 2 aromatic rings. The van der Waals surface area contributed by atoms with Gasteiger partial charge < -0.3 is 0 Å². The Hall–Kier alpha value is -1.69. The standard InChI is InChI=1S/C12H13BrN4O/c1-3-17-12(10(13)8-14-17)11(18)5-4-9-6-7-16(2)15-9/h4-8H,3H2,1-2H3/b5-4+. The van der Waals surface area contributed by atoms with E-state index in [1.807, 2.05) is 26.2 Å². The molecule has 2 aromatic heterocycles. The molecule has 0 radical (unpaired) electrons. The van der Waals surface area contributed by atoms with Crippen molar-refractivity contribution in [3.05, 3.63) is 40.4 Å². The molecule has 5 nitrogen and oxygen atoms in total. The molecular weight excluding hydrogens is 296 g/mol. The Bertz CT molecular complexity index is 597. The maximum absolute atomic E-state index is 12.1. The first-order valence-corrected chi connectivity index (χ1v) is 6.34. The second-order valence-electron chi connectivity index (χ2n) is 3.77. The van der Waals surface area contributed by atoms with E-state index in [1.165, 1.54) is 6.08 Å². The number of carbonyl (C=O) groups excluding carboxylic acids is 1. The molecule has 0 unspecified atom stereocenters. The molecule has 94 valence electrons. The van der Waals surface area contributed by atoms with Gasteiger partial charge in [0, 0.05) is 19.8 Å². The molecule has 0 aliphatic heterocycles. The third kappa shape index (κ3) is 2.59. The SMILES string of the molecule is CCn1ncc(Br)c1C(=O)/C=C/c1ccn(C)n1. The summed E-state index contributed by atoms with van der Waals surface area (Å²) >= 11 is 3.33. The summed E-state index contributed by atoms with van der Waals surface area (Å²) < 4.78 is 4.06. The number of halogens is 1. The minimum absolute atomic E-state index is 0.0909. The highest BCUT2D eigenvalue weighted by Gasteiger charge is 2.13. The fourth-order valence-electron chi connectivity index (χ4n) is 1.61. The first kappa shape index (κ1) is 12.8. The number of allylic oxidation sites excluding steroid dienone is 1. The van der Waals surface area contributed by atoms with Crippen molar-refractivity contribution in [2.24, 2.45) is 7.05 Å². The van der Waals surface area contributed by atoms with Gasteiger partial charge in [-0.25, -0.2) is 0 Å². The number of aryl methyl sites for hydroxylation is 2. The zero-order chi connectivity index (χ0) is 13.1. The Balaban J connectivity index is 2.21. The molecule has 0 saturated carbocycles. The maximum Gasteiger partial charge on any atom is 0.205 e. The smallest absolute Gasteiger partial charge is 0.205 e. The fraction of sp³-hybridized carbons (Fsp3) is 0.250. The van der Waals surface area contributed by atoms with Crippen LogP contribution in [-0.2, 0) is 13.6 Å². The van der Waals surface area contributed by atoms with Crippen LogP contribution in [-0.4, -0.2) is 25.3 Å². The van der Waals surface area contributed by atoms with E-state index in [9.17, 15) is 4.79 Å². The van der Waals surface area contributed by atoms with Crippen molar-refractivity contribution in [2.75, 3.05) is 0 Å². The quantitative estimate of drug-likeness (QED) is 0.643. The Morgan fingerprint density at radius 3 is 2.94 bits per heavy atom. The largest absolute Gasteiger partial charge is 0.288 e. The summed E-state index contributed by atoms with van der Waals surface area (Å²) in [6.07, 6.45) is 6.67. The predicted octanol–water partition coefficient (Wildman–Crippen LogP) is 2.30. The summed E-state index contributed by atoms with van der Waals surface area (Å²) in [5, 5.41) is 8.28. The number of hydrogen-bond donors (Lipinski definition) is 0. The number of rotatable bonds is 4. The number of ketones is 1. The Kier molecular flexibility index (Phi) is 3.76. The molecular formula is C12H13BrN4O. The third-order valence-corrected chi connectivity index (χ3v) is 3.05. The summed E-state index contributed by atoms with van der Waals surface area (Å²) in [6, 6.07) is 1.84. The summed E-state index contributed by atoms with van der Waals surface area (Å²) in [5.74, 6) is -0.0909. The molecule has 0 N–H and O–H groups in total. The molecule has 0 aliphatic carbocycles. The van der Waals surface area contributed by atoms with E-state index in [0.29, 0.717) is 16.7 Å². The summed E-state index contributed by atoms with van der Waals surface area (Å²) in [6.45, 7) is 2.60. The lowest BCUT2D eigenvalue weighted by Crippen LogP contribution is -2.07. The van der Waals surface area contributed by atoms with Crippen LogP contribution in [0.1, 0.15) is 23.1 Å². The third-order valence-electron chi connectivity index (χ3n) is 2.47. The highest BCUT2D eigenvalue weighted by Crippen LogP contribution is 2.17. The Morgan fingerprint density at radius 2 is 2.33 bits per heavy atom. The van der Waals surface area contributed by atoms with Gasteiger partial charge in [-0.2, -0.15) is 10.2 Å². The molecule has 2 heterocycles. The van der Waals surface area contributed by atoms with Gasteiger partial charge in [0.05, 0.1) is 16.4 Å². The second kappa shape index (κ2) is 5.30. The molecule has 2 rings (SSSR count). The van der Waals surface area contributed by atoms with E-state index < -0.39 is 0 Å². The van der Waals surface area contributed by atoms with Crippen molar-refractivity contribution >= 4 is 27.8 Å². The lowest BCUT2D eigenvalue weighted by atomic mass is 10.2. The highest BCUT2D eigenvalue weighted by atomic mass is 79.9. The average Bonchev–Trinajstić information content (AvgIpc) is 2.92. The number of carbonyl (C=O) groups is 1. The van der Waals surface area contributed by atoms with Gasteiger partial charge in [-0.05, 0) is 41.1 Å². The molecule has 0 aromatic carbocycles. The van der Waals surface area contributed by atoms with E-state index in [1.54, 1.807) is 21.6 Å². The monoisotopic (exact) mass is 308 g/mol. The summed E-state index contributed by atoms with van der Waals surface area (Å²) in [4.78, 5) is 12.1. The van der Waals surface area contributed by atoms with E-state index in [2.05, 4.69) is 26.1 Å². The van der Waals surface area contributed by atoms with Crippen LogP contribution in [0.3, 0.4) is 0 Å². The minimum Gasteiger partial charge on any atom is -0.288 e. The molecule has 0 amide bonds. The van der Waals surface area contributed by atoms with Crippen LogP contribution in [0, 0.1) is 0 Å². The van der Waals surface area contributed by atoms with Crippen molar-refractivity contribution in [3.63, 3.8) is 0 Å². The number of nitrogens with zero attached hydrogens (tertiary/aromatic N) is 4. The number of hydrogen-bond acceptors (Lipinski definition) is 3. The molecule has 0 bridgehead atoms. The van der Waals surface area contributed by atoms with Crippen LogP contribution in [0.2, 0.25) is 0 Å². The first-order valence-electron chi connectivity index (χ1n) is 5.55. The van der Waals surface area contributed by atoms with Crippen molar-refractivity contribution in [1.29, 1.82) is 0 Å². The van der Waals surface area contributed by atoms with E-state index in [-0.39, 0.29) is 5.78 Å². The van der Waals surface area contributed by atoms with E-state index in [0.717, 1.165) is 5.69 Å². The van der Waals surface area contributed by atoms with E-state index >= 15 is 0 Å². The van der Waals surface area contributed by atoms with Gasteiger partial charge in [0.1, 0.15) is 5.69 Å². The lowest BCUT2D eigenvalue weighted by Gasteiger charge is -2.00. The van der Waals surface area contributed by atoms with Crippen molar-refractivity contribution in [1.82, 2.24) is 19.6 Å². The second-order valence-corrected chi connectivity index (χ2v) is 4.62. The van der Waals surface area contributed by atoms with Crippen LogP contribution < -0.4 is 0 Å².